The minimum absolute atomic E-state index is 0.421. The number of sulfonamides is 1. The van der Waals surface area contributed by atoms with Gasteiger partial charge >= 0.3 is 0 Å². The maximum absolute atomic E-state index is 11.6. The van der Waals surface area contributed by atoms with Crippen molar-refractivity contribution >= 4 is 10.0 Å². The van der Waals surface area contributed by atoms with Crippen LogP contribution in [0.4, 0.5) is 0 Å². The maximum atomic E-state index is 11.6. The van der Waals surface area contributed by atoms with Gasteiger partial charge in [0.1, 0.15) is 0 Å². The third-order valence-electron chi connectivity index (χ3n) is 2.17. The second kappa shape index (κ2) is 6.11. The molecule has 1 heterocycles. The van der Waals surface area contributed by atoms with Crippen LogP contribution in [0.15, 0.2) is 0 Å². The van der Waals surface area contributed by atoms with Crippen LogP contribution in [0, 0.1) is 11.2 Å². The molecule has 0 aromatic rings. The van der Waals surface area contributed by atoms with Crippen LogP contribution in [0.3, 0.4) is 0 Å². The number of hydrogen-bond donors (Lipinski definition) is 0. The van der Waals surface area contributed by atoms with Gasteiger partial charge in [0.15, 0.2) is 0 Å². The zero-order chi connectivity index (χ0) is 11.1. The Kier molecular flexibility index (Phi) is 5.09. The molecule has 0 radical (unpaired) electrons. The highest BCUT2D eigenvalue weighted by molar-refractivity contribution is 7.93. The van der Waals surface area contributed by atoms with Crippen LogP contribution in [0.1, 0.15) is 26.2 Å². The molecule has 15 heavy (non-hydrogen) atoms. The molecule has 0 aromatic heterocycles. The van der Waals surface area contributed by atoms with Gasteiger partial charge in [0.05, 0.1) is 13.2 Å². The molecule has 4 nitrogen and oxygen atoms in total. The summed E-state index contributed by atoms with van der Waals surface area (Å²) in [4.78, 5) is 0. The van der Waals surface area contributed by atoms with Gasteiger partial charge in [-0.15, -0.1) is 0 Å². The summed E-state index contributed by atoms with van der Waals surface area (Å²) >= 11 is 0. The van der Waals surface area contributed by atoms with E-state index >= 15 is 0 Å². The van der Waals surface area contributed by atoms with Crippen LogP contribution < -0.4 is 0 Å². The molecule has 1 aliphatic heterocycles. The van der Waals surface area contributed by atoms with Gasteiger partial charge in [0.2, 0.25) is 0 Å². The quantitative estimate of drug-likeness (QED) is 0.533. The number of morpholine rings is 1. The molecule has 0 saturated carbocycles. The van der Waals surface area contributed by atoms with Gasteiger partial charge in [0, 0.05) is 24.8 Å². The predicted octanol–water partition coefficient (Wildman–Crippen LogP) is 0.800. The summed E-state index contributed by atoms with van der Waals surface area (Å²) in [6.45, 7) is 3.83. The van der Waals surface area contributed by atoms with E-state index in [0.717, 1.165) is 12.8 Å². The molecule has 0 amide bonds. The van der Waals surface area contributed by atoms with Crippen molar-refractivity contribution in [1.82, 2.24) is 4.31 Å². The molecule has 0 bridgehead atoms. The van der Waals surface area contributed by atoms with Crippen molar-refractivity contribution in [1.29, 1.82) is 0 Å². The lowest BCUT2D eigenvalue weighted by atomic mass is 10.3. The summed E-state index contributed by atoms with van der Waals surface area (Å²) < 4.78 is 29.8. The molecule has 1 aliphatic rings. The number of rotatable bonds is 3. The predicted molar refractivity (Wildman–Crippen MR) is 58.6 cm³/mol. The first kappa shape index (κ1) is 12.5. The van der Waals surface area contributed by atoms with E-state index in [1.807, 2.05) is 0 Å². The molecule has 1 saturated heterocycles. The summed E-state index contributed by atoms with van der Waals surface area (Å²) in [7, 11) is -3.37. The van der Waals surface area contributed by atoms with Crippen molar-refractivity contribution in [2.45, 2.75) is 26.2 Å². The summed E-state index contributed by atoms with van der Waals surface area (Å²) in [5.74, 6) is 2.70. The van der Waals surface area contributed by atoms with Gasteiger partial charge in [-0.3, -0.25) is 0 Å². The third-order valence-corrected chi connectivity index (χ3v) is 3.61. The van der Waals surface area contributed by atoms with E-state index in [-0.39, 0.29) is 0 Å². The zero-order valence-electron chi connectivity index (χ0n) is 9.03. The minimum atomic E-state index is -3.37. The summed E-state index contributed by atoms with van der Waals surface area (Å²) in [5, 5.41) is 2.36. The van der Waals surface area contributed by atoms with Gasteiger partial charge in [-0.2, -0.15) is 12.7 Å². The van der Waals surface area contributed by atoms with Crippen LogP contribution in [0.2, 0.25) is 0 Å². The Morgan fingerprint density at radius 1 is 1.33 bits per heavy atom. The second-order valence-electron chi connectivity index (χ2n) is 3.40. The normalized spacial score (nSPS) is 18.2. The van der Waals surface area contributed by atoms with Gasteiger partial charge < -0.3 is 4.74 Å². The SMILES string of the molecule is CCCCC#CS(=O)(=O)N1CCOCC1. The molecule has 0 aromatic carbocycles. The average molecular weight is 231 g/mol. The molecular weight excluding hydrogens is 214 g/mol. The topological polar surface area (TPSA) is 46.6 Å². The van der Waals surface area contributed by atoms with Crippen molar-refractivity contribution in [2.24, 2.45) is 0 Å². The standard InChI is InChI=1S/C10H17NO3S/c1-2-3-4-5-10-15(12,13)11-6-8-14-9-7-11/h2-4,6-9H2,1H3. The van der Waals surface area contributed by atoms with Gasteiger partial charge in [-0.05, 0) is 6.42 Å². The van der Waals surface area contributed by atoms with Crippen LogP contribution >= 0.6 is 0 Å². The number of unbranched alkanes of at least 4 members (excludes halogenated alkanes) is 2. The minimum Gasteiger partial charge on any atom is -0.379 e. The Hall–Kier alpha value is -0.570. The first-order valence-corrected chi connectivity index (χ1v) is 6.68. The van der Waals surface area contributed by atoms with Gasteiger partial charge in [-0.1, -0.05) is 19.3 Å². The van der Waals surface area contributed by atoms with E-state index < -0.39 is 10.0 Å². The summed E-state index contributed by atoms with van der Waals surface area (Å²) in [5.41, 5.74) is 0. The zero-order valence-corrected chi connectivity index (χ0v) is 9.85. The Morgan fingerprint density at radius 2 is 2.00 bits per heavy atom. The lowest BCUT2D eigenvalue weighted by Gasteiger charge is -2.23. The first-order valence-electron chi connectivity index (χ1n) is 5.24. The summed E-state index contributed by atoms with van der Waals surface area (Å²) in [6.07, 6.45) is 2.64. The maximum Gasteiger partial charge on any atom is 0.282 e. The van der Waals surface area contributed by atoms with E-state index in [9.17, 15) is 8.42 Å². The second-order valence-corrected chi connectivity index (χ2v) is 5.07. The highest BCUT2D eigenvalue weighted by atomic mass is 32.2. The lowest BCUT2D eigenvalue weighted by molar-refractivity contribution is 0.0737. The molecule has 1 rings (SSSR count). The van der Waals surface area contributed by atoms with Crippen molar-refractivity contribution < 1.29 is 13.2 Å². The van der Waals surface area contributed by atoms with Crippen molar-refractivity contribution in [3.05, 3.63) is 0 Å². The van der Waals surface area contributed by atoms with Crippen LogP contribution in [0.25, 0.3) is 0 Å². The molecule has 1 fully saturated rings. The van der Waals surface area contributed by atoms with E-state index in [1.54, 1.807) is 0 Å². The Labute approximate surface area is 91.7 Å². The van der Waals surface area contributed by atoms with E-state index in [2.05, 4.69) is 18.1 Å². The van der Waals surface area contributed by atoms with E-state index in [1.165, 1.54) is 4.31 Å². The monoisotopic (exact) mass is 231 g/mol. The molecule has 0 atom stereocenters. The molecule has 5 heteroatoms. The van der Waals surface area contributed by atoms with Gasteiger partial charge in [0.25, 0.3) is 10.0 Å². The molecule has 0 spiro atoms. The van der Waals surface area contributed by atoms with Crippen molar-refractivity contribution in [3.8, 4) is 11.2 Å². The average Bonchev–Trinajstić information content (AvgIpc) is 2.26. The van der Waals surface area contributed by atoms with Crippen LogP contribution in [-0.2, 0) is 14.8 Å². The Bertz CT molecular complexity index is 333. The Morgan fingerprint density at radius 3 is 2.60 bits per heavy atom. The molecule has 86 valence electrons. The third kappa shape index (κ3) is 4.20. The fourth-order valence-corrected chi connectivity index (χ4v) is 2.30. The van der Waals surface area contributed by atoms with Gasteiger partial charge in [-0.25, -0.2) is 0 Å². The van der Waals surface area contributed by atoms with E-state index in [4.69, 9.17) is 4.74 Å². The van der Waals surface area contributed by atoms with Crippen molar-refractivity contribution in [2.75, 3.05) is 26.3 Å². The molecule has 0 N–H and O–H groups in total. The highest BCUT2D eigenvalue weighted by Gasteiger charge is 2.21. The number of ether oxygens (including phenoxy) is 1. The van der Waals surface area contributed by atoms with Crippen molar-refractivity contribution in [3.63, 3.8) is 0 Å². The Balaban J connectivity index is 2.52. The fourth-order valence-electron chi connectivity index (χ4n) is 1.26. The molecule has 0 unspecified atom stereocenters. The molecular formula is C10H17NO3S. The largest absolute Gasteiger partial charge is 0.379 e. The van der Waals surface area contributed by atoms with Crippen LogP contribution in [0.5, 0.6) is 0 Å². The number of nitrogens with zero attached hydrogens (tertiary/aromatic N) is 1. The number of hydrogen-bond acceptors (Lipinski definition) is 3. The lowest BCUT2D eigenvalue weighted by Crippen LogP contribution is -2.39. The smallest absolute Gasteiger partial charge is 0.282 e. The van der Waals surface area contributed by atoms with E-state index in [0.29, 0.717) is 32.7 Å². The molecule has 0 aliphatic carbocycles. The fraction of sp³-hybridized carbons (Fsp3) is 0.800. The van der Waals surface area contributed by atoms with Crippen LogP contribution in [-0.4, -0.2) is 39.0 Å². The first-order chi connectivity index (χ1) is 7.17. The summed E-state index contributed by atoms with van der Waals surface area (Å²) in [6, 6.07) is 0. The highest BCUT2D eigenvalue weighted by Crippen LogP contribution is 2.04.